The Morgan fingerprint density at radius 3 is 1.96 bits per heavy atom. The van der Waals surface area contributed by atoms with Crippen LogP contribution in [0.3, 0.4) is 0 Å². The Bertz CT molecular complexity index is 741. The maximum Gasteiger partial charge on any atom is 0.200 e. The normalized spacial score (nSPS) is 12.0. The van der Waals surface area contributed by atoms with E-state index in [-0.39, 0.29) is 5.71 Å². The van der Waals surface area contributed by atoms with Crippen molar-refractivity contribution >= 4 is 17.5 Å². The van der Waals surface area contributed by atoms with Crippen molar-refractivity contribution in [1.29, 1.82) is 0 Å². The Kier molecular flexibility index (Phi) is 5.10. The average molecular weight is 326 g/mol. The first-order valence-electron chi connectivity index (χ1n) is 6.46. The van der Waals surface area contributed by atoms with Crippen molar-refractivity contribution in [2.75, 3.05) is 5.43 Å². The van der Waals surface area contributed by atoms with Gasteiger partial charge in [0.1, 0.15) is 5.69 Å². The summed E-state index contributed by atoms with van der Waals surface area (Å²) >= 11 is 0. The molecule has 2 nitrogen and oxygen atoms in total. The van der Waals surface area contributed by atoms with Crippen LogP contribution in [-0.2, 0) is 0 Å². The predicted molar refractivity (Wildman–Crippen MR) is 78.4 cm³/mol. The summed E-state index contributed by atoms with van der Waals surface area (Å²) in [5.41, 5.74) is 1.80. The molecule has 0 heterocycles. The maximum absolute atomic E-state index is 13.4. The molecule has 0 saturated carbocycles. The van der Waals surface area contributed by atoms with E-state index >= 15 is 0 Å². The Morgan fingerprint density at radius 1 is 0.870 bits per heavy atom. The second kappa shape index (κ2) is 7.04. The van der Waals surface area contributed by atoms with Crippen LogP contribution in [0, 0.1) is 29.1 Å². The average Bonchev–Trinajstić information content (AvgIpc) is 2.57. The third-order valence-corrected chi connectivity index (χ3v) is 2.87. The lowest BCUT2D eigenvalue weighted by atomic mass is 10.2. The molecule has 1 N–H and O–H groups in total. The second-order valence-electron chi connectivity index (χ2n) is 4.55. The van der Waals surface area contributed by atoms with E-state index in [1.807, 2.05) is 35.8 Å². The molecule has 0 aliphatic carbocycles. The number of nitrogens with one attached hydrogen (secondary N) is 1. The SMILES string of the molecule is CC(/C=C/c1ccccc1)=NNc1c(F)c(F)c(F)c(F)c1F. The molecule has 2 aromatic carbocycles. The first-order chi connectivity index (χ1) is 10.9. The highest BCUT2D eigenvalue weighted by Gasteiger charge is 2.25. The lowest BCUT2D eigenvalue weighted by Gasteiger charge is -2.07. The van der Waals surface area contributed by atoms with Crippen molar-refractivity contribution in [1.82, 2.24) is 0 Å². The molecular weight excluding hydrogens is 315 g/mol. The summed E-state index contributed by atoms with van der Waals surface area (Å²) in [5.74, 6) is -10.2. The Balaban J connectivity index is 2.21. The topological polar surface area (TPSA) is 24.4 Å². The largest absolute Gasteiger partial charge is 0.272 e. The zero-order valence-corrected chi connectivity index (χ0v) is 11.9. The van der Waals surface area contributed by atoms with Gasteiger partial charge >= 0.3 is 0 Å². The molecule has 0 spiro atoms. The van der Waals surface area contributed by atoms with Crippen molar-refractivity contribution in [3.05, 3.63) is 71.1 Å². The van der Waals surface area contributed by atoms with Crippen LogP contribution < -0.4 is 5.43 Å². The summed E-state index contributed by atoms with van der Waals surface area (Å²) in [6.45, 7) is 1.50. The fourth-order valence-corrected chi connectivity index (χ4v) is 1.67. The van der Waals surface area contributed by atoms with Gasteiger partial charge in [0.25, 0.3) is 0 Å². The molecular formula is C16H11F5N2. The zero-order valence-electron chi connectivity index (χ0n) is 11.9. The molecule has 0 amide bonds. The fourth-order valence-electron chi connectivity index (χ4n) is 1.67. The Hall–Kier alpha value is -2.70. The number of nitrogens with zero attached hydrogens (tertiary/aromatic N) is 1. The van der Waals surface area contributed by atoms with Crippen LogP contribution in [0.25, 0.3) is 6.08 Å². The minimum absolute atomic E-state index is 0.276. The van der Waals surface area contributed by atoms with E-state index in [0.717, 1.165) is 5.56 Å². The van der Waals surface area contributed by atoms with Crippen LogP contribution >= 0.6 is 0 Å². The summed E-state index contributed by atoms with van der Waals surface area (Å²) in [5, 5.41) is 3.59. The molecule has 2 aromatic rings. The highest BCUT2D eigenvalue weighted by molar-refractivity contribution is 5.96. The van der Waals surface area contributed by atoms with E-state index in [4.69, 9.17) is 0 Å². The molecule has 0 fully saturated rings. The summed E-state index contributed by atoms with van der Waals surface area (Å²) in [7, 11) is 0. The van der Waals surface area contributed by atoms with E-state index in [2.05, 4.69) is 5.10 Å². The van der Waals surface area contributed by atoms with Crippen LogP contribution in [0.15, 0.2) is 41.5 Å². The minimum Gasteiger partial charge on any atom is -0.272 e. The number of hydrogen-bond acceptors (Lipinski definition) is 2. The molecule has 0 saturated heterocycles. The van der Waals surface area contributed by atoms with Gasteiger partial charge in [0.05, 0.1) is 5.71 Å². The zero-order chi connectivity index (χ0) is 17.0. The third kappa shape index (κ3) is 3.74. The van der Waals surface area contributed by atoms with E-state index in [0.29, 0.717) is 0 Å². The quantitative estimate of drug-likeness (QED) is 0.280. The monoisotopic (exact) mass is 326 g/mol. The number of halogens is 5. The molecule has 120 valence electrons. The molecule has 0 atom stereocenters. The van der Waals surface area contributed by atoms with Crippen molar-refractivity contribution in [2.45, 2.75) is 6.92 Å². The minimum atomic E-state index is -2.21. The summed E-state index contributed by atoms with van der Waals surface area (Å²) < 4.78 is 65.8. The van der Waals surface area contributed by atoms with Crippen LogP contribution in [-0.4, -0.2) is 5.71 Å². The lowest BCUT2D eigenvalue weighted by molar-refractivity contribution is 0.381. The van der Waals surface area contributed by atoms with E-state index in [1.54, 1.807) is 6.08 Å². The Labute approximate surface area is 129 Å². The van der Waals surface area contributed by atoms with Gasteiger partial charge in [-0.1, -0.05) is 36.4 Å². The molecule has 0 radical (unpaired) electrons. The highest BCUT2D eigenvalue weighted by Crippen LogP contribution is 2.27. The number of anilines is 1. The molecule has 0 aliphatic heterocycles. The smallest absolute Gasteiger partial charge is 0.200 e. The van der Waals surface area contributed by atoms with Gasteiger partial charge < -0.3 is 0 Å². The maximum atomic E-state index is 13.4. The molecule has 23 heavy (non-hydrogen) atoms. The Morgan fingerprint density at radius 2 is 1.39 bits per heavy atom. The van der Waals surface area contributed by atoms with Crippen LogP contribution in [0.5, 0.6) is 0 Å². The molecule has 2 rings (SSSR count). The fraction of sp³-hybridized carbons (Fsp3) is 0.0625. The molecule has 0 bridgehead atoms. The number of hydrogen-bond donors (Lipinski definition) is 1. The van der Waals surface area contributed by atoms with Crippen LogP contribution in [0.2, 0.25) is 0 Å². The van der Waals surface area contributed by atoms with Gasteiger partial charge in [-0.05, 0) is 18.6 Å². The van der Waals surface area contributed by atoms with Crippen LogP contribution in [0.4, 0.5) is 27.6 Å². The van der Waals surface area contributed by atoms with Gasteiger partial charge in [0.15, 0.2) is 23.3 Å². The number of benzene rings is 2. The molecule has 7 heteroatoms. The summed E-state index contributed by atoms with van der Waals surface area (Å²) in [6.07, 6.45) is 3.20. The van der Waals surface area contributed by atoms with Gasteiger partial charge in [0.2, 0.25) is 5.82 Å². The van der Waals surface area contributed by atoms with Crippen LogP contribution in [0.1, 0.15) is 12.5 Å². The third-order valence-electron chi connectivity index (χ3n) is 2.87. The van der Waals surface area contributed by atoms with Gasteiger partial charge in [-0.2, -0.15) is 5.10 Å². The van der Waals surface area contributed by atoms with E-state index in [1.165, 1.54) is 13.0 Å². The molecule has 0 unspecified atom stereocenters. The number of allylic oxidation sites excluding steroid dienone is 1. The summed E-state index contributed by atoms with van der Waals surface area (Å²) in [4.78, 5) is 0. The standard InChI is InChI=1S/C16H11F5N2/c1-9(7-8-10-5-3-2-4-6-10)22-23-16-14(20)12(18)11(17)13(19)15(16)21/h2-8,23H,1H3/b8-7+,22-9?. The van der Waals surface area contributed by atoms with Crippen molar-refractivity contribution < 1.29 is 22.0 Å². The van der Waals surface area contributed by atoms with Gasteiger partial charge in [0, 0.05) is 0 Å². The molecule has 0 aliphatic rings. The summed E-state index contributed by atoms with van der Waals surface area (Å²) in [6, 6.07) is 9.12. The number of rotatable bonds is 4. The highest BCUT2D eigenvalue weighted by atomic mass is 19.2. The van der Waals surface area contributed by atoms with E-state index < -0.39 is 34.8 Å². The van der Waals surface area contributed by atoms with Gasteiger partial charge in [-0.3, -0.25) is 5.43 Å². The van der Waals surface area contributed by atoms with Crippen molar-refractivity contribution in [2.24, 2.45) is 5.10 Å². The first-order valence-corrected chi connectivity index (χ1v) is 6.46. The van der Waals surface area contributed by atoms with Crippen molar-refractivity contribution in [3.8, 4) is 0 Å². The second-order valence-corrected chi connectivity index (χ2v) is 4.55. The van der Waals surface area contributed by atoms with Gasteiger partial charge in [-0.25, -0.2) is 22.0 Å². The van der Waals surface area contributed by atoms with Gasteiger partial charge in [-0.15, -0.1) is 0 Å². The predicted octanol–water partition coefficient (Wildman–Crippen LogP) is 4.88. The van der Waals surface area contributed by atoms with E-state index in [9.17, 15) is 22.0 Å². The van der Waals surface area contributed by atoms with Crippen molar-refractivity contribution in [3.63, 3.8) is 0 Å². The first kappa shape index (κ1) is 16.7. The number of hydrazone groups is 1. The lowest BCUT2D eigenvalue weighted by Crippen LogP contribution is -2.07. The molecule has 0 aromatic heterocycles.